The van der Waals surface area contributed by atoms with E-state index < -0.39 is 6.04 Å². The molecule has 0 heterocycles. The van der Waals surface area contributed by atoms with E-state index in [-0.39, 0.29) is 6.42 Å². The highest BCUT2D eigenvalue weighted by Crippen LogP contribution is 1.79. The van der Waals surface area contributed by atoms with Crippen LogP contribution in [0.2, 0.25) is 0 Å². The lowest BCUT2D eigenvalue weighted by Crippen LogP contribution is -2.29. The summed E-state index contributed by atoms with van der Waals surface area (Å²) in [6.45, 7) is 0. The molecule has 50 valence electrons. The van der Waals surface area contributed by atoms with Gasteiger partial charge < -0.3 is 14.9 Å². The van der Waals surface area contributed by atoms with Gasteiger partial charge in [0.1, 0.15) is 12.6 Å². The molecule has 0 saturated heterocycles. The van der Waals surface area contributed by atoms with Crippen LogP contribution in [0.1, 0.15) is 6.42 Å². The number of rotatable bonds is 5. The van der Waals surface area contributed by atoms with Crippen LogP contribution in [0, 0.1) is 0 Å². The van der Waals surface area contributed by atoms with E-state index in [2.05, 4.69) is 5.32 Å². The summed E-state index contributed by atoms with van der Waals surface area (Å²) >= 11 is 0. The first kappa shape index (κ1) is 7.81. The average molecular weight is 129 g/mol. The SMILES string of the molecule is O=CC[C@@H](C=O)NC=O. The Morgan fingerprint density at radius 1 is 1.33 bits per heavy atom. The third-order valence-corrected chi connectivity index (χ3v) is 0.797. The van der Waals surface area contributed by atoms with E-state index in [0.29, 0.717) is 19.0 Å². The number of hydrogen-bond donors (Lipinski definition) is 1. The lowest BCUT2D eigenvalue weighted by molar-refractivity contribution is -0.117. The van der Waals surface area contributed by atoms with Gasteiger partial charge in [-0.2, -0.15) is 0 Å². The van der Waals surface area contributed by atoms with Crippen LogP contribution < -0.4 is 5.32 Å². The molecule has 0 bridgehead atoms. The van der Waals surface area contributed by atoms with Crippen LogP contribution in [-0.2, 0) is 14.4 Å². The summed E-state index contributed by atoms with van der Waals surface area (Å²) in [7, 11) is 0. The van der Waals surface area contributed by atoms with Crippen LogP contribution in [0.3, 0.4) is 0 Å². The van der Waals surface area contributed by atoms with Crippen molar-refractivity contribution in [3.05, 3.63) is 0 Å². The molecule has 0 rings (SSSR count). The summed E-state index contributed by atoms with van der Waals surface area (Å²) in [5, 5.41) is 2.15. The summed E-state index contributed by atoms with van der Waals surface area (Å²) in [5.41, 5.74) is 0. The Hall–Kier alpha value is -1.19. The minimum absolute atomic E-state index is 0.0439. The molecule has 0 fully saturated rings. The van der Waals surface area contributed by atoms with E-state index in [1.54, 1.807) is 0 Å². The summed E-state index contributed by atoms with van der Waals surface area (Å²) in [5.74, 6) is 0. The van der Waals surface area contributed by atoms with Crippen molar-refractivity contribution in [1.29, 1.82) is 0 Å². The number of hydrogen-bond acceptors (Lipinski definition) is 3. The topological polar surface area (TPSA) is 63.2 Å². The first-order valence-electron chi connectivity index (χ1n) is 2.43. The molecule has 0 aliphatic carbocycles. The monoisotopic (exact) mass is 129 g/mol. The first-order valence-corrected chi connectivity index (χ1v) is 2.43. The maximum atomic E-state index is 9.90. The van der Waals surface area contributed by atoms with Crippen molar-refractivity contribution in [3.63, 3.8) is 0 Å². The number of nitrogens with one attached hydrogen (secondary N) is 1. The van der Waals surface area contributed by atoms with Crippen LogP contribution in [0.15, 0.2) is 0 Å². The molecule has 4 nitrogen and oxygen atoms in total. The van der Waals surface area contributed by atoms with Crippen LogP contribution in [0.4, 0.5) is 0 Å². The van der Waals surface area contributed by atoms with Gasteiger partial charge in [0.15, 0.2) is 0 Å². The molecule has 0 aromatic carbocycles. The highest BCUT2D eigenvalue weighted by molar-refractivity contribution is 5.68. The molecule has 1 atom stereocenters. The van der Waals surface area contributed by atoms with Gasteiger partial charge in [-0.1, -0.05) is 0 Å². The van der Waals surface area contributed by atoms with Gasteiger partial charge in [-0.05, 0) is 0 Å². The van der Waals surface area contributed by atoms with Gasteiger partial charge in [0.2, 0.25) is 6.41 Å². The predicted octanol–water partition coefficient (Wildman–Crippen LogP) is -1.11. The van der Waals surface area contributed by atoms with Crippen molar-refractivity contribution in [2.24, 2.45) is 0 Å². The summed E-state index contributed by atoms with van der Waals surface area (Å²) in [6.07, 6.45) is 1.53. The minimum Gasteiger partial charge on any atom is -0.349 e. The summed E-state index contributed by atoms with van der Waals surface area (Å²) < 4.78 is 0. The zero-order valence-corrected chi connectivity index (χ0v) is 4.74. The molecule has 1 amide bonds. The fourth-order valence-electron chi connectivity index (χ4n) is 0.354. The molecule has 1 N–H and O–H groups in total. The quantitative estimate of drug-likeness (QED) is 0.479. The second-order valence-corrected chi connectivity index (χ2v) is 1.43. The Kier molecular flexibility index (Phi) is 4.30. The van der Waals surface area contributed by atoms with Gasteiger partial charge in [0, 0.05) is 6.42 Å². The van der Waals surface area contributed by atoms with Crippen LogP contribution in [-0.4, -0.2) is 25.0 Å². The van der Waals surface area contributed by atoms with Crippen molar-refractivity contribution in [2.45, 2.75) is 12.5 Å². The maximum absolute atomic E-state index is 9.90. The Morgan fingerprint density at radius 2 is 2.00 bits per heavy atom. The predicted molar refractivity (Wildman–Crippen MR) is 29.7 cm³/mol. The van der Waals surface area contributed by atoms with Gasteiger partial charge in [0.25, 0.3) is 0 Å². The molecule has 0 spiro atoms. The molecule has 0 aromatic rings. The lowest BCUT2D eigenvalue weighted by atomic mass is 10.2. The summed E-state index contributed by atoms with van der Waals surface area (Å²) in [6, 6.07) is -0.653. The van der Waals surface area contributed by atoms with Crippen molar-refractivity contribution < 1.29 is 14.4 Å². The fraction of sp³-hybridized carbons (Fsp3) is 0.400. The molecule has 0 unspecified atom stereocenters. The van der Waals surface area contributed by atoms with Crippen molar-refractivity contribution in [2.75, 3.05) is 0 Å². The van der Waals surface area contributed by atoms with Gasteiger partial charge in [-0.15, -0.1) is 0 Å². The normalized spacial score (nSPS) is 11.6. The summed E-state index contributed by atoms with van der Waals surface area (Å²) in [4.78, 5) is 29.3. The van der Waals surface area contributed by atoms with E-state index in [1.165, 1.54) is 0 Å². The standard InChI is InChI=1S/C5H7NO3/c7-2-1-5(3-8)6-4-9/h2-5H,1H2,(H,6,9)/t5-/m0/s1. The Labute approximate surface area is 52.2 Å². The second kappa shape index (κ2) is 4.96. The Morgan fingerprint density at radius 3 is 2.33 bits per heavy atom. The lowest BCUT2D eigenvalue weighted by Gasteiger charge is -2.00. The molecular formula is C5H7NO3. The second-order valence-electron chi connectivity index (χ2n) is 1.43. The van der Waals surface area contributed by atoms with Crippen molar-refractivity contribution in [3.8, 4) is 0 Å². The van der Waals surface area contributed by atoms with Gasteiger partial charge >= 0.3 is 0 Å². The molecule has 0 aromatic heterocycles. The van der Waals surface area contributed by atoms with Crippen LogP contribution in [0.25, 0.3) is 0 Å². The number of carbonyl (C=O) groups excluding carboxylic acids is 3. The van der Waals surface area contributed by atoms with E-state index in [9.17, 15) is 14.4 Å². The van der Waals surface area contributed by atoms with E-state index in [4.69, 9.17) is 0 Å². The van der Waals surface area contributed by atoms with Crippen LogP contribution in [0.5, 0.6) is 0 Å². The Bertz CT molecular complexity index is 103. The molecule has 9 heavy (non-hydrogen) atoms. The first-order chi connectivity index (χ1) is 4.35. The zero-order chi connectivity index (χ0) is 7.11. The third-order valence-electron chi connectivity index (χ3n) is 0.797. The zero-order valence-electron chi connectivity index (χ0n) is 4.74. The highest BCUT2D eigenvalue weighted by atomic mass is 16.1. The highest BCUT2D eigenvalue weighted by Gasteiger charge is 2.01. The number of aldehydes is 2. The molecule has 0 radical (unpaired) electrons. The molecule has 0 aliphatic rings. The largest absolute Gasteiger partial charge is 0.349 e. The van der Waals surface area contributed by atoms with E-state index in [0.717, 1.165) is 0 Å². The minimum atomic E-state index is -0.653. The van der Waals surface area contributed by atoms with Crippen molar-refractivity contribution >= 4 is 19.0 Å². The molecular weight excluding hydrogens is 122 g/mol. The fourth-order valence-corrected chi connectivity index (χ4v) is 0.354. The molecule has 4 heteroatoms. The maximum Gasteiger partial charge on any atom is 0.207 e. The number of carbonyl (C=O) groups is 3. The van der Waals surface area contributed by atoms with Gasteiger partial charge in [-0.3, -0.25) is 4.79 Å². The molecule has 0 saturated carbocycles. The van der Waals surface area contributed by atoms with E-state index >= 15 is 0 Å². The smallest absolute Gasteiger partial charge is 0.207 e. The van der Waals surface area contributed by atoms with Gasteiger partial charge in [-0.25, -0.2) is 0 Å². The third kappa shape index (κ3) is 3.40. The average Bonchev–Trinajstić information content (AvgIpc) is 1.88. The number of amides is 1. The van der Waals surface area contributed by atoms with E-state index in [1.807, 2.05) is 0 Å². The molecule has 0 aliphatic heterocycles. The van der Waals surface area contributed by atoms with Crippen LogP contribution >= 0.6 is 0 Å². The Balaban J connectivity index is 3.51. The van der Waals surface area contributed by atoms with Crippen molar-refractivity contribution in [1.82, 2.24) is 5.32 Å². The van der Waals surface area contributed by atoms with Gasteiger partial charge in [0.05, 0.1) is 6.04 Å².